The summed E-state index contributed by atoms with van der Waals surface area (Å²) in [4.78, 5) is 6.52. The molecule has 4 nitrogen and oxygen atoms in total. The predicted octanol–water partition coefficient (Wildman–Crippen LogP) is 1.57. The molecule has 0 radical (unpaired) electrons. The maximum absolute atomic E-state index is 9.31. The third-order valence-electron chi connectivity index (χ3n) is 2.96. The van der Waals surface area contributed by atoms with Crippen LogP contribution >= 0.6 is 0 Å². The molecule has 96 valence electrons. The van der Waals surface area contributed by atoms with E-state index in [1.165, 1.54) is 5.56 Å². The van der Waals surface area contributed by atoms with Crippen molar-refractivity contribution < 1.29 is 5.11 Å². The third kappa shape index (κ3) is 3.98. The molecule has 4 heteroatoms. The second kappa shape index (κ2) is 6.57. The van der Waals surface area contributed by atoms with Gasteiger partial charge in [-0.2, -0.15) is 0 Å². The Kier molecular flexibility index (Phi) is 5.38. The molecular formula is C13H23N3O. The van der Waals surface area contributed by atoms with Crippen LogP contribution in [0.15, 0.2) is 18.3 Å². The van der Waals surface area contributed by atoms with Crippen molar-refractivity contribution in [1.29, 1.82) is 0 Å². The summed E-state index contributed by atoms with van der Waals surface area (Å²) in [6.45, 7) is 4.73. The topological polar surface area (TPSA) is 48.4 Å². The van der Waals surface area contributed by atoms with Crippen LogP contribution in [0.1, 0.15) is 31.9 Å². The Morgan fingerprint density at radius 2 is 2.18 bits per heavy atom. The fraction of sp³-hybridized carbons (Fsp3) is 0.615. The van der Waals surface area contributed by atoms with Gasteiger partial charge in [-0.1, -0.05) is 6.07 Å². The fourth-order valence-electron chi connectivity index (χ4n) is 1.71. The number of nitrogens with zero attached hydrogens (tertiary/aromatic N) is 2. The zero-order valence-electron chi connectivity index (χ0n) is 11.1. The summed E-state index contributed by atoms with van der Waals surface area (Å²) in [5, 5.41) is 12.5. The summed E-state index contributed by atoms with van der Waals surface area (Å²) in [7, 11) is 3.95. The number of hydrogen-bond acceptors (Lipinski definition) is 4. The maximum atomic E-state index is 9.31. The summed E-state index contributed by atoms with van der Waals surface area (Å²) < 4.78 is 0. The van der Waals surface area contributed by atoms with Gasteiger partial charge in [-0.3, -0.25) is 0 Å². The lowest BCUT2D eigenvalue weighted by Crippen LogP contribution is -2.25. The summed E-state index contributed by atoms with van der Waals surface area (Å²) >= 11 is 0. The van der Waals surface area contributed by atoms with Crippen molar-refractivity contribution in [2.75, 3.05) is 25.5 Å². The van der Waals surface area contributed by atoms with Gasteiger partial charge in [-0.05, 0) is 33.4 Å². The molecule has 1 rings (SSSR count). The highest BCUT2D eigenvalue weighted by atomic mass is 16.3. The lowest BCUT2D eigenvalue weighted by molar-refractivity contribution is 0.187. The zero-order valence-corrected chi connectivity index (χ0v) is 11.1. The third-order valence-corrected chi connectivity index (χ3v) is 2.96. The Labute approximate surface area is 104 Å². The number of nitrogens with one attached hydrogen (secondary N) is 1. The Hall–Kier alpha value is -1.13. The molecule has 0 aliphatic carbocycles. The Morgan fingerprint density at radius 1 is 1.47 bits per heavy atom. The molecule has 2 N–H and O–H groups in total. The van der Waals surface area contributed by atoms with Crippen molar-refractivity contribution in [3.8, 4) is 0 Å². The van der Waals surface area contributed by atoms with Gasteiger partial charge in [-0.25, -0.2) is 4.98 Å². The van der Waals surface area contributed by atoms with E-state index in [4.69, 9.17) is 0 Å². The van der Waals surface area contributed by atoms with Gasteiger partial charge in [0.1, 0.15) is 5.82 Å². The lowest BCUT2D eigenvalue weighted by Gasteiger charge is -2.24. The van der Waals surface area contributed by atoms with Crippen LogP contribution in [0, 0.1) is 0 Å². The number of aromatic nitrogens is 1. The summed E-state index contributed by atoms with van der Waals surface area (Å²) in [6, 6.07) is 4.31. The first-order valence-corrected chi connectivity index (χ1v) is 6.07. The SMILES string of the molecule is CNC(C)c1cccnc1N(C)CCC(C)O. The molecular weight excluding hydrogens is 214 g/mol. The quantitative estimate of drug-likeness (QED) is 0.788. The minimum Gasteiger partial charge on any atom is -0.393 e. The standard InChI is InChI=1S/C13H23N3O/c1-10(17)7-9-16(4)13-12(11(2)14-3)6-5-8-15-13/h5-6,8,10-11,14,17H,7,9H2,1-4H3. The molecule has 0 aliphatic heterocycles. The van der Waals surface area contributed by atoms with Crippen molar-refractivity contribution in [2.24, 2.45) is 0 Å². The summed E-state index contributed by atoms with van der Waals surface area (Å²) in [5.41, 5.74) is 1.18. The number of aliphatic hydroxyl groups is 1. The average Bonchev–Trinajstić information content (AvgIpc) is 2.34. The first kappa shape index (κ1) is 13.9. The fourth-order valence-corrected chi connectivity index (χ4v) is 1.71. The second-order valence-corrected chi connectivity index (χ2v) is 4.49. The van der Waals surface area contributed by atoms with Crippen molar-refractivity contribution in [3.05, 3.63) is 23.9 Å². The molecule has 0 aromatic carbocycles. The van der Waals surface area contributed by atoms with E-state index in [0.717, 1.165) is 18.8 Å². The van der Waals surface area contributed by atoms with Gasteiger partial charge >= 0.3 is 0 Å². The Morgan fingerprint density at radius 3 is 2.76 bits per heavy atom. The normalized spacial score (nSPS) is 14.4. The lowest BCUT2D eigenvalue weighted by atomic mass is 10.1. The number of aliphatic hydroxyl groups excluding tert-OH is 1. The van der Waals surface area contributed by atoms with Crippen LogP contribution in [0.5, 0.6) is 0 Å². The van der Waals surface area contributed by atoms with Gasteiger partial charge in [0.15, 0.2) is 0 Å². The van der Waals surface area contributed by atoms with Crippen LogP contribution < -0.4 is 10.2 Å². The zero-order chi connectivity index (χ0) is 12.8. The highest BCUT2D eigenvalue weighted by Gasteiger charge is 2.13. The van der Waals surface area contributed by atoms with Crippen LogP contribution in [0.2, 0.25) is 0 Å². The van der Waals surface area contributed by atoms with Gasteiger partial charge in [0.05, 0.1) is 6.10 Å². The molecule has 0 bridgehead atoms. The van der Waals surface area contributed by atoms with Crippen LogP contribution in [0.25, 0.3) is 0 Å². The largest absolute Gasteiger partial charge is 0.393 e. The van der Waals surface area contributed by atoms with Crippen LogP contribution in [0.4, 0.5) is 5.82 Å². The van der Waals surface area contributed by atoms with Crippen LogP contribution in [0.3, 0.4) is 0 Å². The molecule has 2 atom stereocenters. The molecule has 0 saturated carbocycles. The van der Waals surface area contributed by atoms with E-state index in [1.807, 2.05) is 27.1 Å². The van der Waals surface area contributed by atoms with Gasteiger partial charge < -0.3 is 15.3 Å². The van der Waals surface area contributed by atoms with Crippen molar-refractivity contribution >= 4 is 5.82 Å². The first-order valence-electron chi connectivity index (χ1n) is 6.07. The van der Waals surface area contributed by atoms with E-state index >= 15 is 0 Å². The van der Waals surface area contributed by atoms with E-state index in [9.17, 15) is 5.11 Å². The molecule has 0 spiro atoms. The van der Waals surface area contributed by atoms with Crippen molar-refractivity contribution in [1.82, 2.24) is 10.3 Å². The average molecular weight is 237 g/mol. The van der Waals surface area contributed by atoms with E-state index < -0.39 is 0 Å². The second-order valence-electron chi connectivity index (χ2n) is 4.49. The minimum absolute atomic E-state index is 0.271. The molecule has 0 aliphatic rings. The molecule has 2 unspecified atom stereocenters. The molecule has 1 heterocycles. The number of rotatable bonds is 6. The monoisotopic (exact) mass is 237 g/mol. The van der Waals surface area contributed by atoms with Gasteiger partial charge in [-0.15, -0.1) is 0 Å². The molecule has 0 saturated heterocycles. The number of pyridine rings is 1. The predicted molar refractivity (Wildman–Crippen MR) is 71.3 cm³/mol. The highest BCUT2D eigenvalue weighted by Crippen LogP contribution is 2.22. The molecule has 0 amide bonds. The number of hydrogen-bond donors (Lipinski definition) is 2. The molecule has 1 aromatic rings. The van der Waals surface area contributed by atoms with Gasteiger partial charge in [0.25, 0.3) is 0 Å². The number of anilines is 1. The van der Waals surface area contributed by atoms with Gasteiger partial charge in [0, 0.05) is 31.4 Å². The summed E-state index contributed by atoms with van der Waals surface area (Å²) in [5.74, 6) is 0.981. The highest BCUT2D eigenvalue weighted by molar-refractivity contribution is 5.47. The molecule has 0 fully saturated rings. The van der Waals surface area contributed by atoms with Crippen LogP contribution in [-0.4, -0.2) is 36.8 Å². The molecule has 1 aromatic heterocycles. The van der Waals surface area contributed by atoms with E-state index in [0.29, 0.717) is 0 Å². The Balaban J connectivity index is 2.81. The van der Waals surface area contributed by atoms with E-state index in [-0.39, 0.29) is 12.1 Å². The van der Waals surface area contributed by atoms with Crippen molar-refractivity contribution in [3.63, 3.8) is 0 Å². The first-order chi connectivity index (χ1) is 8.06. The van der Waals surface area contributed by atoms with E-state index in [2.05, 4.69) is 28.2 Å². The smallest absolute Gasteiger partial charge is 0.133 e. The maximum Gasteiger partial charge on any atom is 0.133 e. The van der Waals surface area contributed by atoms with Crippen LogP contribution in [-0.2, 0) is 0 Å². The summed E-state index contributed by atoms with van der Waals surface area (Å²) in [6.07, 6.45) is 2.28. The Bertz CT molecular complexity index is 341. The van der Waals surface area contributed by atoms with E-state index in [1.54, 1.807) is 6.20 Å². The molecule has 17 heavy (non-hydrogen) atoms. The van der Waals surface area contributed by atoms with Crippen molar-refractivity contribution in [2.45, 2.75) is 32.4 Å². The van der Waals surface area contributed by atoms with Gasteiger partial charge in [0.2, 0.25) is 0 Å². The minimum atomic E-state index is -0.272.